The zero-order valence-electron chi connectivity index (χ0n) is 49.7. The largest absolute Gasteiger partial charge is 0.466 e. The average molecular weight is 997 g/mol. The van der Waals surface area contributed by atoms with Crippen molar-refractivity contribution in [3.05, 3.63) is 0 Å². The predicted octanol–water partition coefficient (Wildman–Crippen LogP) is 19.3. The second kappa shape index (κ2) is 58.9. The van der Waals surface area contributed by atoms with E-state index in [1.807, 2.05) is 6.92 Å². The highest BCUT2D eigenvalue weighted by atomic mass is 16.5. The molecule has 0 aromatic heterocycles. The zero-order chi connectivity index (χ0) is 52.6. The number of aliphatic hydroxyl groups is 1. The number of ketones is 1. The number of carbonyl (C=O) groups is 2. The van der Waals surface area contributed by atoms with Gasteiger partial charge in [-0.25, -0.2) is 0 Å². The molecule has 0 saturated carbocycles. The van der Waals surface area contributed by atoms with E-state index in [9.17, 15) is 14.7 Å². The van der Waals surface area contributed by atoms with Crippen LogP contribution in [0.5, 0.6) is 0 Å². The lowest BCUT2D eigenvalue weighted by atomic mass is 9.85. The fourth-order valence-corrected chi connectivity index (χ4v) is 9.10. The van der Waals surface area contributed by atoms with Crippen LogP contribution in [-0.2, 0) is 23.8 Å². The van der Waals surface area contributed by atoms with Crippen molar-refractivity contribution in [1.29, 1.82) is 0 Å². The maximum Gasteiger partial charge on any atom is 0.305 e. The van der Waals surface area contributed by atoms with Crippen LogP contribution in [0.1, 0.15) is 333 Å². The summed E-state index contributed by atoms with van der Waals surface area (Å²) >= 11 is 0. The summed E-state index contributed by atoms with van der Waals surface area (Å²) in [4.78, 5) is 26.7. The molecule has 0 fully saturated rings. The first-order chi connectivity index (χ1) is 34.0. The van der Waals surface area contributed by atoms with Crippen molar-refractivity contribution in [2.45, 2.75) is 351 Å². The van der Waals surface area contributed by atoms with E-state index in [1.165, 1.54) is 167 Å². The van der Waals surface area contributed by atoms with Gasteiger partial charge in [0.25, 0.3) is 0 Å². The molecule has 0 amide bonds. The smallest absolute Gasteiger partial charge is 0.305 e. The van der Waals surface area contributed by atoms with E-state index in [0.717, 1.165) is 110 Å². The highest BCUT2D eigenvalue weighted by Gasteiger charge is 2.25. The van der Waals surface area contributed by atoms with Crippen LogP contribution < -0.4 is 0 Å². The van der Waals surface area contributed by atoms with Gasteiger partial charge in [0.2, 0.25) is 0 Å². The summed E-state index contributed by atoms with van der Waals surface area (Å²) in [6, 6.07) is 0. The van der Waals surface area contributed by atoms with Gasteiger partial charge in [-0.1, -0.05) is 223 Å². The summed E-state index contributed by atoms with van der Waals surface area (Å²) in [5, 5.41) is 11.6. The number of nitrogens with zero attached hydrogens (tertiary/aromatic N) is 1. The molecule has 0 bridgehead atoms. The minimum absolute atomic E-state index is 0.0700. The molecule has 0 aromatic carbocycles. The third kappa shape index (κ3) is 54.7. The maximum absolute atomic E-state index is 12.5. The normalized spacial score (nSPS) is 13.5. The van der Waals surface area contributed by atoms with E-state index in [-0.39, 0.29) is 24.1 Å². The molecule has 0 aliphatic rings. The molecule has 0 heterocycles. The molecule has 4 atom stereocenters. The molecule has 0 radical (unpaired) electrons. The van der Waals surface area contributed by atoms with Gasteiger partial charge in [0.1, 0.15) is 5.78 Å². The minimum atomic E-state index is -0.510. The van der Waals surface area contributed by atoms with Crippen molar-refractivity contribution in [2.75, 3.05) is 39.5 Å². The molecule has 0 aliphatic heterocycles. The van der Waals surface area contributed by atoms with Crippen molar-refractivity contribution in [1.82, 2.24) is 4.90 Å². The van der Waals surface area contributed by atoms with Crippen LogP contribution >= 0.6 is 0 Å². The first-order valence-electron chi connectivity index (χ1n) is 31.3. The van der Waals surface area contributed by atoms with Gasteiger partial charge in [0.15, 0.2) is 0 Å². The molecule has 7 nitrogen and oxygen atoms in total. The quantitative estimate of drug-likeness (QED) is 0.0480. The van der Waals surface area contributed by atoms with Crippen LogP contribution in [0.2, 0.25) is 0 Å². The van der Waals surface area contributed by atoms with Gasteiger partial charge < -0.3 is 24.2 Å². The lowest BCUT2D eigenvalue weighted by Gasteiger charge is -2.29. The minimum Gasteiger partial charge on any atom is -0.466 e. The molecule has 0 aromatic rings. The average Bonchev–Trinajstić information content (AvgIpc) is 3.35. The molecule has 0 saturated heterocycles. The number of Topliss-reactive ketones (excluding diaryl/α,β-unsaturated/α-hetero) is 1. The van der Waals surface area contributed by atoms with Crippen molar-refractivity contribution < 1.29 is 28.9 Å². The number of ether oxygens (including phenoxy) is 3. The Hall–Kier alpha value is -1.02. The molecule has 0 rings (SSSR count). The molecule has 4 unspecified atom stereocenters. The van der Waals surface area contributed by atoms with E-state index in [1.54, 1.807) is 0 Å². The Morgan fingerprint density at radius 2 is 0.843 bits per heavy atom. The first-order valence-corrected chi connectivity index (χ1v) is 31.3. The van der Waals surface area contributed by atoms with Crippen LogP contribution in [-0.4, -0.2) is 79.0 Å². The molecule has 0 spiro atoms. The number of rotatable bonds is 52. The highest BCUT2D eigenvalue weighted by Crippen LogP contribution is 2.29. The molecule has 0 aliphatic carbocycles. The Labute approximate surface area is 440 Å². The summed E-state index contributed by atoms with van der Waals surface area (Å²) in [5.41, 5.74) is -0.510. The number of hydrogen-bond acceptors (Lipinski definition) is 7. The van der Waals surface area contributed by atoms with Crippen LogP contribution in [0.15, 0.2) is 0 Å². The van der Waals surface area contributed by atoms with E-state index in [2.05, 4.69) is 74.1 Å². The molecule has 422 valence electrons. The third-order valence-electron chi connectivity index (χ3n) is 14.2. The number of unbranched alkanes of at least 4 members (excludes halogenated alkanes) is 22. The third-order valence-corrected chi connectivity index (χ3v) is 14.2. The van der Waals surface area contributed by atoms with E-state index in [4.69, 9.17) is 14.2 Å². The van der Waals surface area contributed by atoms with Crippen molar-refractivity contribution in [3.8, 4) is 0 Å². The van der Waals surface area contributed by atoms with Gasteiger partial charge in [-0.15, -0.1) is 0 Å². The van der Waals surface area contributed by atoms with Crippen molar-refractivity contribution >= 4 is 11.8 Å². The van der Waals surface area contributed by atoms with Crippen LogP contribution in [0.3, 0.4) is 0 Å². The summed E-state index contributed by atoms with van der Waals surface area (Å²) in [6.07, 6.45) is 46.3. The van der Waals surface area contributed by atoms with Gasteiger partial charge in [-0.3, -0.25) is 9.59 Å². The predicted molar refractivity (Wildman–Crippen MR) is 307 cm³/mol. The topological polar surface area (TPSA) is 85.3 Å². The van der Waals surface area contributed by atoms with Crippen LogP contribution in [0.4, 0.5) is 0 Å². The number of esters is 1. The van der Waals surface area contributed by atoms with Crippen LogP contribution in [0.25, 0.3) is 0 Å². The van der Waals surface area contributed by atoms with Gasteiger partial charge >= 0.3 is 5.97 Å². The SMILES string of the molecule is CCCCCCC.CCCCCCCC(CCC(=O)OCCCCCCC(O)(CCCCCCC)CCCCN(CCC)CCC)OCCCCCC.CCCCCCOC(C)CCC(=O)C(C)CC. The second-order valence-electron chi connectivity index (χ2n) is 21.5. The second-order valence-corrected chi connectivity index (χ2v) is 21.5. The number of hydrogen-bond donors (Lipinski definition) is 1. The summed E-state index contributed by atoms with van der Waals surface area (Å²) in [7, 11) is 0. The highest BCUT2D eigenvalue weighted by molar-refractivity contribution is 5.80. The van der Waals surface area contributed by atoms with Gasteiger partial charge in [-0.2, -0.15) is 0 Å². The fourth-order valence-electron chi connectivity index (χ4n) is 9.10. The Bertz CT molecular complexity index is 1000. The monoisotopic (exact) mass is 996 g/mol. The molecule has 1 N–H and O–H groups in total. The van der Waals surface area contributed by atoms with E-state index in [0.29, 0.717) is 25.2 Å². The lowest BCUT2D eigenvalue weighted by molar-refractivity contribution is -0.144. The Balaban J connectivity index is -0.00000152. The summed E-state index contributed by atoms with van der Waals surface area (Å²) in [6.45, 7) is 29.9. The first kappa shape index (κ1) is 73.2. The summed E-state index contributed by atoms with van der Waals surface area (Å²) < 4.78 is 17.5. The van der Waals surface area contributed by atoms with Crippen molar-refractivity contribution in [2.24, 2.45) is 5.92 Å². The number of carbonyl (C=O) groups excluding carboxylic acids is 2. The maximum atomic E-state index is 12.5. The molecular weight excluding hydrogens is 867 g/mol. The standard InChI is InChI=1S/C41H83NO4.C15H30O2.C7H16/c1-6-11-14-17-21-28-39(45-37-26-16-13-8-3)29-30-40(43)46-38-27-20-19-23-32-41(44,31-22-18-15-12-7-2)33-24-25-36-42(34-9-4)35-10-5;1-5-7-8-9-12-17-14(4)10-11-15(16)13(3)6-2;1-3-5-7-6-4-2/h39,44H,6-38H2,1-5H3;13-14H,5-12H2,1-4H3;3-7H2,1-2H3. The molecular formula is C63H129NO6. The van der Waals surface area contributed by atoms with Gasteiger partial charge in [0.05, 0.1) is 24.4 Å². The van der Waals surface area contributed by atoms with Crippen molar-refractivity contribution in [3.63, 3.8) is 0 Å². The van der Waals surface area contributed by atoms with Gasteiger partial charge in [0, 0.05) is 32.0 Å². The molecule has 70 heavy (non-hydrogen) atoms. The fraction of sp³-hybridized carbons (Fsp3) is 0.968. The zero-order valence-corrected chi connectivity index (χ0v) is 49.7. The lowest BCUT2D eigenvalue weighted by Crippen LogP contribution is -2.30. The van der Waals surface area contributed by atoms with Crippen LogP contribution in [0, 0.1) is 5.92 Å². The Morgan fingerprint density at radius 1 is 0.429 bits per heavy atom. The van der Waals surface area contributed by atoms with E-state index >= 15 is 0 Å². The van der Waals surface area contributed by atoms with Gasteiger partial charge in [-0.05, 0) is 116 Å². The Morgan fingerprint density at radius 3 is 1.33 bits per heavy atom. The summed E-state index contributed by atoms with van der Waals surface area (Å²) in [5.74, 6) is 0.528. The molecule has 7 heteroatoms. The van der Waals surface area contributed by atoms with E-state index < -0.39 is 5.60 Å². The Kier molecular flexibility index (Phi) is 61.6.